The lowest BCUT2D eigenvalue weighted by Crippen LogP contribution is -2.24. The predicted molar refractivity (Wildman–Crippen MR) is 151 cm³/mol. The van der Waals surface area contributed by atoms with Gasteiger partial charge in [-0.15, -0.1) is 0 Å². The van der Waals surface area contributed by atoms with Crippen LogP contribution >= 0.6 is 0 Å². The minimum atomic E-state index is -0.776. The van der Waals surface area contributed by atoms with Gasteiger partial charge in [0, 0.05) is 12.7 Å². The molecule has 0 aromatic heterocycles. The number of halogens is 1. The van der Waals surface area contributed by atoms with Gasteiger partial charge in [-0.3, -0.25) is 4.79 Å². The van der Waals surface area contributed by atoms with Gasteiger partial charge in [0.1, 0.15) is 23.9 Å². The van der Waals surface area contributed by atoms with Crippen molar-refractivity contribution in [3.05, 3.63) is 82.7 Å². The third-order valence-electron chi connectivity index (χ3n) is 8.36. The quantitative estimate of drug-likeness (QED) is 0.270. The monoisotopic (exact) mass is 534 g/mol. The fourth-order valence-corrected chi connectivity index (χ4v) is 5.61. The summed E-state index contributed by atoms with van der Waals surface area (Å²) in [5.74, 6) is -0.263. The lowest BCUT2D eigenvalue weighted by atomic mass is 9.77. The summed E-state index contributed by atoms with van der Waals surface area (Å²) >= 11 is 0. The van der Waals surface area contributed by atoms with Crippen LogP contribution in [-0.4, -0.2) is 25.3 Å². The van der Waals surface area contributed by atoms with Gasteiger partial charge in [-0.2, -0.15) is 0 Å². The van der Waals surface area contributed by atoms with Gasteiger partial charge >= 0.3 is 5.97 Å². The van der Waals surface area contributed by atoms with Crippen LogP contribution in [0.1, 0.15) is 74.8 Å². The zero-order valence-electron chi connectivity index (χ0n) is 23.7. The molecule has 0 bridgehead atoms. The van der Waals surface area contributed by atoms with Gasteiger partial charge in [-0.1, -0.05) is 45.9 Å². The number of hydrogen-bond acceptors (Lipinski definition) is 4. The number of fused-ring (bicyclic) bond motifs is 1. The molecule has 1 N–H and O–H groups in total. The maximum Gasteiger partial charge on any atom is 0.306 e. The molecule has 3 aromatic rings. The number of benzene rings is 3. The average molecular weight is 535 g/mol. The summed E-state index contributed by atoms with van der Waals surface area (Å²) in [6.45, 7) is 8.50. The largest absolute Gasteiger partial charge is 0.497 e. The normalized spacial score (nSPS) is 16.4. The molecule has 0 aliphatic heterocycles. The van der Waals surface area contributed by atoms with E-state index in [0.29, 0.717) is 23.7 Å². The van der Waals surface area contributed by atoms with E-state index in [4.69, 9.17) is 14.2 Å². The molecule has 4 rings (SSSR count). The van der Waals surface area contributed by atoms with Gasteiger partial charge in [0.2, 0.25) is 0 Å². The number of carbonyl (C=O) groups is 1. The molecular weight excluding hydrogens is 495 g/mol. The van der Waals surface area contributed by atoms with Crippen LogP contribution in [0.5, 0.6) is 11.5 Å². The van der Waals surface area contributed by atoms with Crippen molar-refractivity contribution >= 4 is 5.97 Å². The Morgan fingerprint density at radius 1 is 1.05 bits per heavy atom. The first-order valence-corrected chi connectivity index (χ1v) is 13.6. The summed E-state index contributed by atoms with van der Waals surface area (Å²) in [6.07, 6.45) is 2.32. The topological polar surface area (TPSA) is 65.0 Å². The Morgan fingerprint density at radius 2 is 1.79 bits per heavy atom. The number of carboxylic acids is 1. The fourth-order valence-electron chi connectivity index (χ4n) is 5.61. The molecule has 0 amide bonds. The first-order valence-electron chi connectivity index (χ1n) is 13.6. The lowest BCUT2D eigenvalue weighted by Gasteiger charge is -2.34. The molecule has 6 heteroatoms. The van der Waals surface area contributed by atoms with E-state index in [0.717, 1.165) is 41.5 Å². The maximum absolute atomic E-state index is 15.1. The van der Waals surface area contributed by atoms with Crippen LogP contribution in [0.2, 0.25) is 0 Å². The van der Waals surface area contributed by atoms with E-state index in [2.05, 4.69) is 20.8 Å². The number of methoxy groups -OCH3 is 2. The molecule has 208 valence electrons. The molecule has 1 aliphatic carbocycles. The Balaban J connectivity index is 1.68. The summed E-state index contributed by atoms with van der Waals surface area (Å²) in [4.78, 5) is 11.6. The maximum atomic E-state index is 15.1. The molecule has 0 fully saturated rings. The number of rotatable bonds is 11. The van der Waals surface area contributed by atoms with Gasteiger partial charge in [0.25, 0.3) is 0 Å². The van der Waals surface area contributed by atoms with E-state index in [9.17, 15) is 9.90 Å². The van der Waals surface area contributed by atoms with E-state index in [-0.39, 0.29) is 23.3 Å². The Bertz CT molecular complexity index is 1330. The van der Waals surface area contributed by atoms with E-state index in [1.807, 2.05) is 36.4 Å². The van der Waals surface area contributed by atoms with Crippen molar-refractivity contribution in [2.24, 2.45) is 11.3 Å². The third kappa shape index (κ3) is 5.96. The second-order valence-corrected chi connectivity index (χ2v) is 11.1. The molecule has 3 aromatic carbocycles. The first kappa shape index (κ1) is 28.6. The SMILES string of the molecule is CCC(C)(C)[C@H](OC)c1cc(COc2ccc3c(c2)[C@H]([C@@H](C)C(=O)O)CC3)ccc1-c1cc(OC)ccc1F. The Labute approximate surface area is 230 Å². The van der Waals surface area contributed by atoms with E-state index in [1.54, 1.807) is 33.3 Å². The first-order chi connectivity index (χ1) is 18.6. The molecule has 3 atom stereocenters. The van der Waals surface area contributed by atoms with Crippen LogP contribution < -0.4 is 9.47 Å². The highest BCUT2D eigenvalue weighted by molar-refractivity contribution is 5.72. The van der Waals surface area contributed by atoms with Crippen molar-refractivity contribution in [3.63, 3.8) is 0 Å². The molecular formula is C33H39FO5. The number of aryl methyl sites for hydroxylation is 1. The van der Waals surface area contributed by atoms with Crippen molar-refractivity contribution < 1.29 is 28.5 Å². The summed E-state index contributed by atoms with van der Waals surface area (Å²) in [6, 6.07) is 16.7. The highest BCUT2D eigenvalue weighted by Crippen LogP contribution is 2.44. The molecule has 5 nitrogen and oxygen atoms in total. The average Bonchev–Trinajstić information content (AvgIpc) is 3.35. The van der Waals surface area contributed by atoms with Crippen molar-refractivity contribution in [2.75, 3.05) is 14.2 Å². The highest BCUT2D eigenvalue weighted by atomic mass is 19.1. The van der Waals surface area contributed by atoms with Crippen LogP contribution in [0, 0.1) is 17.2 Å². The van der Waals surface area contributed by atoms with Gasteiger partial charge in [0.15, 0.2) is 0 Å². The predicted octanol–water partition coefficient (Wildman–Crippen LogP) is 7.95. The van der Waals surface area contributed by atoms with Crippen LogP contribution in [0.3, 0.4) is 0 Å². The third-order valence-corrected chi connectivity index (χ3v) is 8.36. The fraction of sp³-hybridized carbons (Fsp3) is 0.424. The summed E-state index contributed by atoms with van der Waals surface area (Å²) in [7, 11) is 3.26. The number of carboxylic acid groups (broad SMARTS) is 1. The summed E-state index contributed by atoms with van der Waals surface area (Å²) < 4.78 is 32.7. The van der Waals surface area contributed by atoms with Gasteiger partial charge < -0.3 is 19.3 Å². The lowest BCUT2D eigenvalue weighted by molar-refractivity contribution is -0.141. The van der Waals surface area contributed by atoms with Crippen LogP contribution in [0.4, 0.5) is 4.39 Å². The van der Waals surface area contributed by atoms with Gasteiger partial charge in [-0.05, 0) is 94.8 Å². The number of aliphatic carboxylic acids is 1. The van der Waals surface area contributed by atoms with E-state index >= 15 is 4.39 Å². The van der Waals surface area contributed by atoms with Crippen LogP contribution in [0.15, 0.2) is 54.6 Å². The minimum Gasteiger partial charge on any atom is -0.497 e. The standard InChI is InChI=1S/C33H39FO5/c1-7-33(3,4)31(38-6)29-16-21(8-13-26(29)28-17-23(37-5)12-15-30(28)34)19-39-24-11-9-22-10-14-25(27(22)18-24)20(2)32(35)36/h8-9,11-13,15-18,20,25,31H,7,10,14,19H2,1-6H3,(H,35,36)/t20-,25+,31-/m1/s1. The van der Waals surface area contributed by atoms with Gasteiger partial charge in [0.05, 0.1) is 19.1 Å². The number of hydrogen-bond donors (Lipinski definition) is 1. The summed E-state index contributed by atoms with van der Waals surface area (Å²) in [5, 5.41) is 9.53. The molecule has 1 aliphatic rings. The van der Waals surface area contributed by atoms with Crippen LogP contribution in [0.25, 0.3) is 11.1 Å². The molecule has 0 spiro atoms. The number of ether oxygens (including phenoxy) is 3. The van der Waals surface area contributed by atoms with Crippen molar-refractivity contribution in [1.82, 2.24) is 0 Å². The Hall–Kier alpha value is -3.38. The molecule has 0 saturated carbocycles. The minimum absolute atomic E-state index is 0.0107. The second kappa shape index (κ2) is 11.8. The van der Waals surface area contributed by atoms with Crippen molar-refractivity contribution in [1.29, 1.82) is 0 Å². The van der Waals surface area contributed by atoms with E-state index < -0.39 is 11.9 Å². The molecule has 0 saturated heterocycles. The van der Waals surface area contributed by atoms with Crippen molar-refractivity contribution in [2.45, 2.75) is 65.6 Å². The Kier molecular flexibility index (Phi) is 8.65. The van der Waals surface area contributed by atoms with Crippen molar-refractivity contribution in [3.8, 4) is 22.6 Å². The van der Waals surface area contributed by atoms with Crippen LogP contribution in [-0.2, 0) is 22.6 Å². The summed E-state index contributed by atoms with van der Waals surface area (Å²) in [5.41, 5.74) is 5.10. The van der Waals surface area contributed by atoms with Gasteiger partial charge in [-0.25, -0.2) is 4.39 Å². The second-order valence-electron chi connectivity index (χ2n) is 11.1. The zero-order chi connectivity index (χ0) is 28.3. The Morgan fingerprint density at radius 3 is 2.46 bits per heavy atom. The molecule has 0 heterocycles. The molecule has 0 radical (unpaired) electrons. The molecule has 39 heavy (non-hydrogen) atoms. The molecule has 0 unspecified atom stereocenters. The smallest absolute Gasteiger partial charge is 0.306 e. The highest BCUT2D eigenvalue weighted by Gasteiger charge is 2.33. The van der Waals surface area contributed by atoms with E-state index in [1.165, 1.54) is 11.6 Å². The zero-order valence-corrected chi connectivity index (χ0v) is 23.7.